The van der Waals surface area contributed by atoms with Gasteiger partial charge in [-0.3, -0.25) is 4.79 Å². The van der Waals surface area contributed by atoms with Crippen molar-refractivity contribution >= 4 is 23.4 Å². The summed E-state index contributed by atoms with van der Waals surface area (Å²) >= 11 is 1.64. The van der Waals surface area contributed by atoms with Crippen molar-refractivity contribution in [2.24, 2.45) is 0 Å². The summed E-state index contributed by atoms with van der Waals surface area (Å²) in [5, 5.41) is -0.0466. The number of anilines is 1. The Hall–Kier alpha value is -1.94. The first-order valence-corrected chi connectivity index (χ1v) is 9.76. The number of aryl methyl sites for hydroxylation is 1. The zero-order chi connectivity index (χ0) is 17.8. The molecule has 1 amide bonds. The van der Waals surface area contributed by atoms with E-state index in [0.29, 0.717) is 0 Å². The molecule has 1 heterocycles. The molecule has 1 aliphatic heterocycles. The van der Waals surface area contributed by atoms with E-state index in [1.807, 2.05) is 30.0 Å². The lowest BCUT2D eigenvalue weighted by atomic mass is 10.1. The number of carbonyl (C=O) groups is 1. The van der Waals surface area contributed by atoms with Gasteiger partial charge in [0.05, 0.1) is 5.25 Å². The van der Waals surface area contributed by atoms with Gasteiger partial charge >= 0.3 is 0 Å². The molecule has 1 atom stereocenters. The molecule has 1 aliphatic rings. The molecule has 0 aliphatic carbocycles. The summed E-state index contributed by atoms with van der Waals surface area (Å²) in [6, 6.07) is 16.6. The molecule has 25 heavy (non-hydrogen) atoms. The minimum Gasteiger partial charge on any atom is -0.368 e. The number of thioether (sulfide) groups is 1. The highest BCUT2D eigenvalue weighted by molar-refractivity contribution is 8.00. The third kappa shape index (κ3) is 4.18. The van der Waals surface area contributed by atoms with Gasteiger partial charge in [-0.2, -0.15) is 0 Å². The number of hydrogen-bond donors (Lipinski definition) is 0. The maximum absolute atomic E-state index is 12.8. The van der Waals surface area contributed by atoms with Crippen molar-refractivity contribution in [2.45, 2.75) is 30.9 Å². The van der Waals surface area contributed by atoms with Crippen molar-refractivity contribution in [2.75, 3.05) is 31.1 Å². The minimum atomic E-state index is -0.0466. The van der Waals surface area contributed by atoms with E-state index in [2.05, 4.69) is 49.1 Å². The van der Waals surface area contributed by atoms with E-state index in [4.69, 9.17) is 0 Å². The molecule has 1 fully saturated rings. The van der Waals surface area contributed by atoms with Crippen LogP contribution in [-0.2, 0) is 4.79 Å². The number of benzene rings is 2. The van der Waals surface area contributed by atoms with Gasteiger partial charge in [0.2, 0.25) is 5.91 Å². The molecule has 3 rings (SSSR count). The van der Waals surface area contributed by atoms with Crippen LogP contribution in [0.15, 0.2) is 53.4 Å². The van der Waals surface area contributed by atoms with Crippen molar-refractivity contribution in [3.8, 4) is 0 Å². The van der Waals surface area contributed by atoms with Crippen LogP contribution < -0.4 is 4.90 Å². The first-order valence-electron chi connectivity index (χ1n) is 8.88. The maximum atomic E-state index is 12.8. The van der Waals surface area contributed by atoms with Crippen LogP contribution >= 0.6 is 11.8 Å². The molecule has 3 nitrogen and oxygen atoms in total. The Morgan fingerprint density at radius 2 is 1.64 bits per heavy atom. The highest BCUT2D eigenvalue weighted by atomic mass is 32.2. The Bertz CT molecular complexity index is 724. The van der Waals surface area contributed by atoms with Crippen LogP contribution in [0.1, 0.15) is 18.1 Å². The molecular weight excluding hydrogens is 328 g/mol. The van der Waals surface area contributed by atoms with E-state index in [0.717, 1.165) is 31.1 Å². The molecule has 2 aromatic carbocycles. The minimum absolute atomic E-state index is 0.0466. The van der Waals surface area contributed by atoms with Gasteiger partial charge in [0.25, 0.3) is 0 Å². The highest BCUT2D eigenvalue weighted by Crippen LogP contribution is 2.26. The fourth-order valence-corrected chi connectivity index (χ4v) is 4.23. The van der Waals surface area contributed by atoms with Gasteiger partial charge in [-0.25, -0.2) is 0 Å². The van der Waals surface area contributed by atoms with E-state index in [9.17, 15) is 4.79 Å². The van der Waals surface area contributed by atoms with E-state index < -0.39 is 0 Å². The van der Waals surface area contributed by atoms with E-state index >= 15 is 0 Å². The van der Waals surface area contributed by atoms with Crippen molar-refractivity contribution < 1.29 is 4.79 Å². The quantitative estimate of drug-likeness (QED) is 0.771. The molecule has 0 saturated carbocycles. The molecule has 132 valence electrons. The Kier molecular flexibility index (Phi) is 5.69. The van der Waals surface area contributed by atoms with Crippen molar-refractivity contribution in [3.63, 3.8) is 0 Å². The molecule has 4 heteroatoms. The average molecular weight is 355 g/mol. The normalized spacial score (nSPS) is 16.0. The van der Waals surface area contributed by atoms with Crippen LogP contribution in [0.25, 0.3) is 0 Å². The number of nitrogens with zero attached hydrogens (tertiary/aromatic N) is 2. The predicted octanol–water partition coefficient (Wildman–Crippen LogP) is 4.13. The largest absolute Gasteiger partial charge is 0.368 e. The number of carbonyl (C=O) groups excluding carboxylic acids is 1. The first-order chi connectivity index (χ1) is 12.1. The molecule has 2 aromatic rings. The smallest absolute Gasteiger partial charge is 0.235 e. The second kappa shape index (κ2) is 7.96. The molecule has 0 N–H and O–H groups in total. The van der Waals surface area contributed by atoms with Gasteiger partial charge < -0.3 is 9.80 Å². The van der Waals surface area contributed by atoms with Gasteiger partial charge in [-0.05, 0) is 50.1 Å². The van der Waals surface area contributed by atoms with Crippen LogP contribution in [0.3, 0.4) is 0 Å². The lowest BCUT2D eigenvalue weighted by Crippen LogP contribution is -2.50. The van der Waals surface area contributed by atoms with Crippen molar-refractivity contribution in [1.82, 2.24) is 4.90 Å². The molecule has 0 unspecified atom stereocenters. The van der Waals surface area contributed by atoms with Crippen LogP contribution in [-0.4, -0.2) is 42.2 Å². The van der Waals surface area contributed by atoms with E-state index in [-0.39, 0.29) is 11.2 Å². The Morgan fingerprint density at radius 3 is 2.32 bits per heavy atom. The predicted molar refractivity (Wildman–Crippen MR) is 106 cm³/mol. The third-order valence-corrected chi connectivity index (χ3v) is 6.01. The molecule has 0 aromatic heterocycles. The number of amides is 1. The summed E-state index contributed by atoms with van der Waals surface area (Å²) in [5.41, 5.74) is 3.97. The first kappa shape index (κ1) is 17.9. The average Bonchev–Trinajstić information content (AvgIpc) is 2.64. The van der Waals surface area contributed by atoms with Crippen LogP contribution in [0.2, 0.25) is 0 Å². The Labute approximate surface area is 155 Å². The van der Waals surface area contributed by atoms with Crippen LogP contribution in [0, 0.1) is 13.8 Å². The molecule has 0 radical (unpaired) electrons. The van der Waals surface area contributed by atoms with E-state index in [1.165, 1.54) is 16.8 Å². The van der Waals surface area contributed by atoms with Crippen molar-refractivity contribution in [1.29, 1.82) is 0 Å². The monoisotopic (exact) mass is 354 g/mol. The fourth-order valence-electron chi connectivity index (χ4n) is 3.26. The van der Waals surface area contributed by atoms with E-state index in [1.54, 1.807) is 11.8 Å². The van der Waals surface area contributed by atoms with Gasteiger partial charge in [-0.1, -0.05) is 30.3 Å². The van der Waals surface area contributed by atoms with Crippen LogP contribution in [0.4, 0.5) is 5.69 Å². The third-order valence-electron chi connectivity index (χ3n) is 4.91. The summed E-state index contributed by atoms with van der Waals surface area (Å²) in [6.45, 7) is 9.74. The fraction of sp³-hybridized carbons (Fsp3) is 0.381. The highest BCUT2D eigenvalue weighted by Gasteiger charge is 2.26. The number of piperazine rings is 1. The molecule has 1 saturated heterocycles. The molecule has 0 bridgehead atoms. The second-order valence-electron chi connectivity index (χ2n) is 6.60. The molecule has 0 spiro atoms. The van der Waals surface area contributed by atoms with Gasteiger partial charge in [0, 0.05) is 36.8 Å². The standard InChI is InChI=1S/C21H26N2OS/c1-16-8-7-11-20(17(16)2)22-12-14-23(15-13-22)21(24)18(3)25-19-9-5-4-6-10-19/h4-11,18H,12-15H2,1-3H3/t18-/m0/s1. The SMILES string of the molecule is Cc1cccc(N2CCN(C(=O)[C@H](C)Sc3ccccc3)CC2)c1C. The molecular formula is C21H26N2OS. The summed E-state index contributed by atoms with van der Waals surface area (Å²) in [5.74, 6) is 0.245. The summed E-state index contributed by atoms with van der Waals surface area (Å²) in [7, 11) is 0. The Morgan fingerprint density at radius 1 is 0.960 bits per heavy atom. The van der Waals surface area contributed by atoms with Gasteiger partial charge in [0.15, 0.2) is 0 Å². The zero-order valence-electron chi connectivity index (χ0n) is 15.2. The van der Waals surface area contributed by atoms with Gasteiger partial charge in [-0.15, -0.1) is 11.8 Å². The maximum Gasteiger partial charge on any atom is 0.235 e. The Balaban J connectivity index is 1.58. The summed E-state index contributed by atoms with van der Waals surface area (Å²) in [4.78, 5) is 18.3. The lowest BCUT2D eigenvalue weighted by Gasteiger charge is -2.38. The van der Waals surface area contributed by atoms with Crippen molar-refractivity contribution in [3.05, 3.63) is 59.7 Å². The van der Waals surface area contributed by atoms with Gasteiger partial charge in [0.1, 0.15) is 0 Å². The zero-order valence-corrected chi connectivity index (χ0v) is 16.1. The number of hydrogen-bond acceptors (Lipinski definition) is 3. The summed E-state index contributed by atoms with van der Waals surface area (Å²) in [6.07, 6.45) is 0. The topological polar surface area (TPSA) is 23.6 Å². The second-order valence-corrected chi connectivity index (χ2v) is 8.02. The summed E-state index contributed by atoms with van der Waals surface area (Å²) < 4.78 is 0. The number of rotatable bonds is 4. The van der Waals surface area contributed by atoms with Crippen LogP contribution in [0.5, 0.6) is 0 Å². The lowest BCUT2D eigenvalue weighted by molar-refractivity contribution is -0.130.